The Balaban J connectivity index is 1.47. The molecule has 0 saturated heterocycles. The molecule has 31 heavy (non-hydrogen) atoms. The van der Waals surface area contributed by atoms with E-state index in [4.69, 9.17) is 0 Å². The second-order valence-corrected chi connectivity index (χ2v) is 7.76. The largest absolute Gasteiger partial charge is 0.350 e. The highest BCUT2D eigenvalue weighted by Crippen LogP contribution is 2.14. The third-order valence-corrected chi connectivity index (χ3v) is 5.42. The van der Waals surface area contributed by atoms with E-state index in [1.807, 2.05) is 50.2 Å². The monoisotopic (exact) mass is 411 g/mol. The van der Waals surface area contributed by atoms with Gasteiger partial charge in [0.05, 0.1) is 16.6 Å². The van der Waals surface area contributed by atoms with Gasteiger partial charge < -0.3 is 5.32 Å². The predicted octanol–water partition coefficient (Wildman–Crippen LogP) is 4.45. The summed E-state index contributed by atoms with van der Waals surface area (Å²) in [4.78, 5) is 30.1. The molecule has 4 aromatic rings. The molecule has 4 rings (SSSR count). The molecule has 1 unspecified atom stereocenters. The van der Waals surface area contributed by atoms with E-state index in [1.54, 1.807) is 34.9 Å². The number of hydrogen-bond acceptors (Lipinski definition) is 3. The van der Waals surface area contributed by atoms with Crippen molar-refractivity contribution in [1.29, 1.82) is 0 Å². The zero-order chi connectivity index (χ0) is 21.8. The molecule has 5 nitrogen and oxygen atoms in total. The van der Waals surface area contributed by atoms with Gasteiger partial charge in [-0.1, -0.05) is 42.5 Å². The van der Waals surface area contributed by atoms with E-state index in [1.165, 1.54) is 5.56 Å². The number of carbonyl (C=O) groups excluding carboxylic acids is 1. The molecule has 0 saturated carbocycles. The number of para-hydroxylation sites is 1. The molecule has 0 spiro atoms. The number of nitrogens with one attached hydrogen (secondary N) is 1. The highest BCUT2D eigenvalue weighted by atomic mass is 16.1. The van der Waals surface area contributed by atoms with Gasteiger partial charge in [-0.05, 0) is 68.7 Å². The lowest BCUT2D eigenvalue weighted by Gasteiger charge is -2.15. The SMILES string of the molecule is Cc1nc2ccccc2c(=O)n1-c1ccc(C(=O)NC(C)CCc2ccccc2)cc1. The van der Waals surface area contributed by atoms with Crippen LogP contribution in [0.1, 0.15) is 35.1 Å². The van der Waals surface area contributed by atoms with Crippen LogP contribution in [0.15, 0.2) is 83.7 Å². The van der Waals surface area contributed by atoms with Gasteiger partial charge in [0.1, 0.15) is 5.82 Å². The highest BCUT2D eigenvalue weighted by molar-refractivity contribution is 5.94. The average molecular weight is 412 g/mol. The van der Waals surface area contributed by atoms with Gasteiger partial charge in [-0.25, -0.2) is 4.98 Å². The minimum atomic E-state index is -0.118. The summed E-state index contributed by atoms with van der Waals surface area (Å²) < 4.78 is 1.58. The molecule has 1 heterocycles. The molecular weight excluding hydrogens is 386 g/mol. The number of nitrogens with zero attached hydrogens (tertiary/aromatic N) is 2. The molecule has 0 aliphatic heterocycles. The van der Waals surface area contributed by atoms with Gasteiger partial charge in [0, 0.05) is 11.6 Å². The van der Waals surface area contributed by atoms with E-state index in [9.17, 15) is 9.59 Å². The first-order valence-electron chi connectivity index (χ1n) is 10.5. The molecule has 156 valence electrons. The lowest BCUT2D eigenvalue weighted by atomic mass is 10.1. The van der Waals surface area contributed by atoms with Gasteiger partial charge in [-0.3, -0.25) is 14.2 Å². The second-order valence-electron chi connectivity index (χ2n) is 7.76. The van der Waals surface area contributed by atoms with Gasteiger partial charge in [-0.15, -0.1) is 0 Å². The van der Waals surface area contributed by atoms with E-state index in [2.05, 4.69) is 22.4 Å². The fourth-order valence-electron chi connectivity index (χ4n) is 3.72. The number of hydrogen-bond donors (Lipinski definition) is 1. The number of benzene rings is 3. The quantitative estimate of drug-likeness (QED) is 0.510. The Morgan fingerprint density at radius 2 is 1.65 bits per heavy atom. The van der Waals surface area contributed by atoms with E-state index in [-0.39, 0.29) is 17.5 Å². The molecule has 0 aliphatic carbocycles. The molecule has 1 N–H and O–H groups in total. The second kappa shape index (κ2) is 8.96. The summed E-state index contributed by atoms with van der Waals surface area (Å²) in [7, 11) is 0. The van der Waals surface area contributed by atoms with Gasteiger partial charge in [0.25, 0.3) is 11.5 Å². The van der Waals surface area contributed by atoms with E-state index >= 15 is 0 Å². The molecule has 0 radical (unpaired) electrons. The number of fused-ring (bicyclic) bond motifs is 1. The number of carbonyl (C=O) groups is 1. The van der Waals surface area contributed by atoms with Crippen LogP contribution in [0.5, 0.6) is 0 Å². The van der Waals surface area contributed by atoms with Crippen molar-refractivity contribution in [3.8, 4) is 5.69 Å². The maximum Gasteiger partial charge on any atom is 0.265 e. The van der Waals surface area contributed by atoms with Crippen LogP contribution < -0.4 is 10.9 Å². The Morgan fingerprint density at radius 1 is 0.968 bits per heavy atom. The minimum Gasteiger partial charge on any atom is -0.350 e. The standard InChI is InChI=1S/C26H25N3O2/c1-18(12-13-20-8-4-3-5-9-20)27-25(30)21-14-16-22(17-15-21)29-19(2)28-24-11-7-6-10-23(24)26(29)31/h3-11,14-18H,12-13H2,1-2H3,(H,27,30). The number of amides is 1. The Bertz CT molecular complexity index is 1260. The first kappa shape index (κ1) is 20.5. The van der Waals surface area contributed by atoms with Crippen molar-refractivity contribution in [3.63, 3.8) is 0 Å². The molecule has 5 heteroatoms. The van der Waals surface area contributed by atoms with Crippen molar-refractivity contribution in [3.05, 3.63) is 106 Å². The summed E-state index contributed by atoms with van der Waals surface area (Å²) >= 11 is 0. The van der Waals surface area contributed by atoms with Crippen molar-refractivity contribution in [1.82, 2.24) is 14.9 Å². The lowest BCUT2D eigenvalue weighted by molar-refractivity contribution is 0.0938. The lowest BCUT2D eigenvalue weighted by Crippen LogP contribution is -2.32. The van der Waals surface area contributed by atoms with Crippen LogP contribution in [0.4, 0.5) is 0 Å². The Labute approximate surface area is 181 Å². The van der Waals surface area contributed by atoms with E-state index < -0.39 is 0 Å². The van der Waals surface area contributed by atoms with Crippen molar-refractivity contribution in [2.45, 2.75) is 32.7 Å². The molecule has 3 aromatic carbocycles. The number of aryl methyl sites for hydroxylation is 2. The zero-order valence-electron chi connectivity index (χ0n) is 17.7. The van der Waals surface area contributed by atoms with Crippen LogP contribution in [0.3, 0.4) is 0 Å². The summed E-state index contributed by atoms with van der Waals surface area (Å²) in [6.07, 6.45) is 1.78. The van der Waals surface area contributed by atoms with Gasteiger partial charge >= 0.3 is 0 Å². The fraction of sp³-hybridized carbons (Fsp3) is 0.192. The third kappa shape index (κ3) is 4.56. The Kier molecular flexibility index (Phi) is 5.94. The molecule has 0 aliphatic rings. The Hall–Kier alpha value is -3.73. The topological polar surface area (TPSA) is 64.0 Å². The fourth-order valence-corrected chi connectivity index (χ4v) is 3.72. The van der Waals surface area contributed by atoms with Gasteiger partial charge in [0.2, 0.25) is 0 Å². The van der Waals surface area contributed by atoms with Gasteiger partial charge in [0.15, 0.2) is 0 Å². The molecule has 1 amide bonds. The zero-order valence-corrected chi connectivity index (χ0v) is 17.7. The van der Waals surface area contributed by atoms with Crippen LogP contribution in [-0.4, -0.2) is 21.5 Å². The molecule has 1 atom stereocenters. The molecule has 0 bridgehead atoms. The summed E-state index contributed by atoms with van der Waals surface area (Å²) in [5.41, 5.74) is 3.08. The Morgan fingerprint density at radius 3 is 2.39 bits per heavy atom. The molecule has 0 fully saturated rings. The summed E-state index contributed by atoms with van der Waals surface area (Å²) in [5, 5.41) is 3.62. The summed E-state index contributed by atoms with van der Waals surface area (Å²) in [5.74, 6) is 0.489. The third-order valence-electron chi connectivity index (χ3n) is 5.42. The van der Waals surface area contributed by atoms with Crippen molar-refractivity contribution < 1.29 is 4.79 Å². The molecular formula is C26H25N3O2. The van der Waals surface area contributed by atoms with Crippen LogP contribution in [0.25, 0.3) is 16.6 Å². The smallest absolute Gasteiger partial charge is 0.265 e. The summed E-state index contributed by atoms with van der Waals surface area (Å²) in [6, 6.07) is 24.7. The first-order chi connectivity index (χ1) is 15.0. The van der Waals surface area contributed by atoms with Gasteiger partial charge in [-0.2, -0.15) is 0 Å². The van der Waals surface area contributed by atoms with Crippen LogP contribution >= 0.6 is 0 Å². The maximum absolute atomic E-state index is 12.9. The minimum absolute atomic E-state index is 0.0573. The normalized spacial score (nSPS) is 11.9. The van der Waals surface area contributed by atoms with Crippen molar-refractivity contribution >= 4 is 16.8 Å². The van der Waals surface area contributed by atoms with Crippen LogP contribution in [0.2, 0.25) is 0 Å². The molecule has 1 aromatic heterocycles. The average Bonchev–Trinajstić information content (AvgIpc) is 2.79. The highest BCUT2D eigenvalue weighted by Gasteiger charge is 2.13. The van der Waals surface area contributed by atoms with Crippen LogP contribution in [0, 0.1) is 6.92 Å². The predicted molar refractivity (Wildman–Crippen MR) is 124 cm³/mol. The van der Waals surface area contributed by atoms with Crippen molar-refractivity contribution in [2.24, 2.45) is 0 Å². The summed E-state index contributed by atoms with van der Waals surface area (Å²) in [6.45, 7) is 3.82. The number of rotatable bonds is 6. The van der Waals surface area contributed by atoms with Crippen molar-refractivity contribution in [2.75, 3.05) is 0 Å². The van der Waals surface area contributed by atoms with E-state index in [0.29, 0.717) is 28.0 Å². The van der Waals surface area contributed by atoms with E-state index in [0.717, 1.165) is 12.8 Å². The maximum atomic E-state index is 12.9. The van der Waals surface area contributed by atoms with Crippen LogP contribution in [-0.2, 0) is 6.42 Å². The first-order valence-corrected chi connectivity index (χ1v) is 10.5. The number of aromatic nitrogens is 2.